The first-order valence-corrected chi connectivity index (χ1v) is 9.86. The van der Waals surface area contributed by atoms with Crippen molar-refractivity contribution >= 4 is 33.9 Å². The highest BCUT2D eigenvalue weighted by Gasteiger charge is 2.12. The van der Waals surface area contributed by atoms with Crippen molar-refractivity contribution < 1.29 is 23.8 Å². The maximum absolute atomic E-state index is 12.2. The van der Waals surface area contributed by atoms with Crippen LogP contribution in [0.3, 0.4) is 0 Å². The number of carbonyl (C=O) groups is 2. The van der Waals surface area contributed by atoms with Crippen molar-refractivity contribution in [3.05, 3.63) is 64.1 Å². The van der Waals surface area contributed by atoms with Crippen molar-refractivity contribution in [1.82, 2.24) is 4.90 Å². The fourth-order valence-corrected chi connectivity index (χ4v) is 2.88. The number of methoxy groups -OCH3 is 1. The molecule has 0 unspecified atom stereocenters. The summed E-state index contributed by atoms with van der Waals surface area (Å²) in [6, 6.07) is 13.0. The number of hydrogen-bond donors (Lipinski definition) is 0. The van der Waals surface area contributed by atoms with Crippen LogP contribution in [0.25, 0.3) is 6.08 Å². The Balaban J connectivity index is 1.84. The van der Waals surface area contributed by atoms with Crippen molar-refractivity contribution in [2.24, 2.45) is 0 Å². The minimum atomic E-state index is -0.602. The second-order valence-corrected chi connectivity index (χ2v) is 7.07. The minimum absolute atomic E-state index is 0.291. The summed E-state index contributed by atoms with van der Waals surface area (Å²) in [5.41, 5.74) is 1.68. The zero-order chi connectivity index (χ0) is 21.2. The lowest BCUT2D eigenvalue weighted by Gasteiger charge is -2.17. The number of likely N-dealkylation sites (N-methyl/N-ethyl adjacent to an activating group) is 1. The molecule has 0 aliphatic carbocycles. The van der Waals surface area contributed by atoms with Crippen molar-refractivity contribution in [3.8, 4) is 11.5 Å². The molecule has 0 aromatic heterocycles. The number of nitrogens with zero attached hydrogens (tertiary/aromatic N) is 1. The summed E-state index contributed by atoms with van der Waals surface area (Å²) in [5.74, 6) is 0.520. The van der Waals surface area contributed by atoms with Gasteiger partial charge in [-0.3, -0.25) is 4.79 Å². The minimum Gasteiger partial charge on any atom is -0.496 e. The van der Waals surface area contributed by atoms with Gasteiger partial charge in [-0.2, -0.15) is 0 Å². The highest BCUT2D eigenvalue weighted by molar-refractivity contribution is 9.10. The van der Waals surface area contributed by atoms with Crippen LogP contribution in [0.1, 0.15) is 18.1 Å². The molecule has 0 radical (unpaired) electrons. The lowest BCUT2D eigenvalue weighted by molar-refractivity contribution is -0.147. The maximum atomic E-state index is 12.2. The lowest BCUT2D eigenvalue weighted by atomic mass is 10.2. The molecule has 2 rings (SSSR count). The Morgan fingerprint density at radius 1 is 1.14 bits per heavy atom. The van der Waals surface area contributed by atoms with Crippen LogP contribution in [-0.4, -0.2) is 44.1 Å². The van der Waals surface area contributed by atoms with Gasteiger partial charge < -0.3 is 19.1 Å². The molecule has 0 heterocycles. The normalized spacial score (nSPS) is 10.6. The third kappa shape index (κ3) is 7.27. The van der Waals surface area contributed by atoms with Crippen LogP contribution in [0.15, 0.2) is 53.0 Å². The summed E-state index contributed by atoms with van der Waals surface area (Å²) in [6.07, 6.45) is 2.85. The highest BCUT2D eigenvalue weighted by atomic mass is 79.9. The monoisotopic (exact) mass is 461 g/mol. The molecule has 0 bridgehead atoms. The first-order chi connectivity index (χ1) is 13.9. The van der Waals surface area contributed by atoms with E-state index in [1.807, 2.05) is 43.3 Å². The maximum Gasteiger partial charge on any atom is 0.331 e. The van der Waals surface area contributed by atoms with E-state index in [1.54, 1.807) is 26.3 Å². The zero-order valence-corrected chi connectivity index (χ0v) is 18.3. The largest absolute Gasteiger partial charge is 0.496 e. The molecule has 0 saturated carbocycles. The molecule has 0 spiro atoms. The van der Waals surface area contributed by atoms with Gasteiger partial charge in [-0.05, 0) is 48.9 Å². The van der Waals surface area contributed by atoms with Gasteiger partial charge in [0.05, 0.1) is 13.7 Å². The SMILES string of the molecule is CCOc1ccc(CN(C)C(=O)COC(=O)/C=C/c2cc(Br)ccc2OC)cc1. The lowest BCUT2D eigenvalue weighted by Crippen LogP contribution is -2.30. The molecular weight excluding hydrogens is 438 g/mol. The molecule has 2 aromatic carbocycles. The Morgan fingerprint density at radius 2 is 1.86 bits per heavy atom. The molecule has 29 heavy (non-hydrogen) atoms. The van der Waals surface area contributed by atoms with Crippen LogP contribution in [0.2, 0.25) is 0 Å². The molecule has 1 amide bonds. The van der Waals surface area contributed by atoms with E-state index < -0.39 is 5.97 Å². The van der Waals surface area contributed by atoms with E-state index in [9.17, 15) is 9.59 Å². The van der Waals surface area contributed by atoms with Crippen molar-refractivity contribution in [2.75, 3.05) is 27.4 Å². The third-order valence-corrected chi connectivity index (χ3v) is 4.50. The smallest absolute Gasteiger partial charge is 0.331 e. The van der Waals surface area contributed by atoms with E-state index in [1.165, 1.54) is 11.0 Å². The summed E-state index contributed by atoms with van der Waals surface area (Å²) in [4.78, 5) is 25.7. The molecule has 154 valence electrons. The molecule has 0 N–H and O–H groups in total. The first-order valence-electron chi connectivity index (χ1n) is 9.07. The number of ether oxygens (including phenoxy) is 3. The fraction of sp³-hybridized carbons (Fsp3) is 0.273. The number of carbonyl (C=O) groups excluding carboxylic acids is 2. The number of rotatable bonds is 9. The molecular formula is C22H24BrNO5. The number of halogens is 1. The van der Waals surface area contributed by atoms with Crippen LogP contribution in [0.4, 0.5) is 0 Å². The van der Waals surface area contributed by atoms with E-state index in [-0.39, 0.29) is 12.5 Å². The summed E-state index contributed by atoms with van der Waals surface area (Å²) < 4.78 is 16.6. The van der Waals surface area contributed by atoms with Crippen LogP contribution in [0, 0.1) is 0 Å². The zero-order valence-electron chi connectivity index (χ0n) is 16.7. The van der Waals surface area contributed by atoms with Crippen molar-refractivity contribution in [2.45, 2.75) is 13.5 Å². The molecule has 2 aromatic rings. The Kier molecular flexibility index (Phi) is 8.73. The van der Waals surface area contributed by atoms with E-state index in [4.69, 9.17) is 14.2 Å². The van der Waals surface area contributed by atoms with Gasteiger partial charge in [0, 0.05) is 29.7 Å². The quantitative estimate of drug-likeness (QED) is 0.415. The standard InChI is InChI=1S/C22H24BrNO5/c1-4-28-19-9-5-16(6-10-19)14-24(2)21(25)15-29-22(26)12-7-17-13-18(23)8-11-20(17)27-3/h5-13H,4,14-15H2,1-3H3/b12-7+. The second-order valence-electron chi connectivity index (χ2n) is 6.15. The molecule has 7 heteroatoms. The van der Waals surface area contributed by atoms with E-state index in [0.29, 0.717) is 18.9 Å². The summed E-state index contributed by atoms with van der Waals surface area (Å²) in [6.45, 7) is 2.61. The van der Waals surface area contributed by atoms with Gasteiger partial charge in [0.25, 0.3) is 5.91 Å². The number of esters is 1. The molecule has 0 saturated heterocycles. The van der Waals surface area contributed by atoms with Crippen LogP contribution in [0.5, 0.6) is 11.5 Å². The number of amides is 1. The van der Waals surface area contributed by atoms with Crippen LogP contribution < -0.4 is 9.47 Å². The Bertz CT molecular complexity index is 864. The Hall–Kier alpha value is -2.80. The topological polar surface area (TPSA) is 65.1 Å². The molecule has 6 nitrogen and oxygen atoms in total. The Morgan fingerprint density at radius 3 is 2.52 bits per heavy atom. The van der Waals surface area contributed by atoms with Crippen LogP contribution >= 0.6 is 15.9 Å². The fourth-order valence-electron chi connectivity index (χ4n) is 2.50. The molecule has 0 atom stereocenters. The van der Waals surface area contributed by atoms with Gasteiger partial charge in [0.1, 0.15) is 11.5 Å². The van der Waals surface area contributed by atoms with E-state index in [2.05, 4.69) is 15.9 Å². The summed E-state index contributed by atoms with van der Waals surface area (Å²) in [7, 11) is 3.21. The van der Waals surface area contributed by atoms with Gasteiger partial charge >= 0.3 is 5.97 Å². The van der Waals surface area contributed by atoms with E-state index >= 15 is 0 Å². The highest BCUT2D eigenvalue weighted by Crippen LogP contribution is 2.24. The van der Waals surface area contributed by atoms with Gasteiger partial charge in [-0.15, -0.1) is 0 Å². The van der Waals surface area contributed by atoms with Gasteiger partial charge in [0.15, 0.2) is 6.61 Å². The summed E-state index contributed by atoms with van der Waals surface area (Å²) >= 11 is 3.37. The van der Waals surface area contributed by atoms with Gasteiger partial charge in [-0.1, -0.05) is 28.1 Å². The van der Waals surface area contributed by atoms with Gasteiger partial charge in [-0.25, -0.2) is 4.79 Å². The number of hydrogen-bond acceptors (Lipinski definition) is 5. The van der Waals surface area contributed by atoms with Crippen molar-refractivity contribution in [3.63, 3.8) is 0 Å². The van der Waals surface area contributed by atoms with E-state index in [0.717, 1.165) is 21.3 Å². The average Bonchev–Trinajstić information content (AvgIpc) is 2.72. The average molecular weight is 462 g/mol. The predicted octanol–water partition coefficient (Wildman–Crippen LogP) is 4.07. The molecule has 0 aliphatic heterocycles. The second kappa shape index (κ2) is 11.3. The predicted molar refractivity (Wildman–Crippen MR) is 115 cm³/mol. The van der Waals surface area contributed by atoms with Crippen LogP contribution in [-0.2, 0) is 20.9 Å². The van der Waals surface area contributed by atoms with Crippen molar-refractivity contribution in [1.29, 1.82) is 0 Å². The third-order valence-electron chi connectivity index (χ3n) is 4.01. The first kappa shape index (κ1) is 22.5. The summed E-state index contributed by atoms with van der Waals surface area (Å²) in [5, 5.41) is 0. The number of benzene rings is 2. The Labute approximate surface area is 179 Å². The van der Waals surface area contributed by atoms with Gasteiger partial charge in [0.2, 0.25) is 0 Å². The molecule has 0 fully saturated rings. The molecule has 0 aliphatic rings.